The molecule has 16 heavy (non-hydrogen) atoms. The molecule has 0 aliphatic rings. The van der Waals surface area contributed by atoms with Gasteiger partial charge in [-0.3, -0.25) is 0 Å². The normalized spacial score (nSPS) is 9.94. The number of rotatable bonds is 4. The maximum absolute atomic E-state index is 11.3. The van der Waals surface area contributed by atoms with Crippen LogP contribution in [0.4, 0.5) is 4.79 Å². The molecule has 2 N–H and O–H groups in total. The fourth-order valence-corrected chi connectivity index (χ4v) is 1.53. The monoisotopic (exact) mass is 262 g/mol. The second-order valence-corrected chi connectivity index (χ2v) is 3.90. The first-order valence-corrected chi connectivity index (χ1v) is 5.44. The van der Waals surface area contributed by atoms with Crippen molar-refractivity contribution in [2.75, 3.05) is 20.1 Å². The number of hydrogen-bond donors (Lipinski definition) is 2. The minimum absolute atomic E-state index is 0.319. The maximum atomic E-state index is 11.3. The van der Waals surface area contributed by atoms with Gasteiger partial charge in [-0.25, -0.2) is 4.79 Å². The molecule has 1 aromatic rings. The Labute approximate surface area is 104 Å². The van der Waals surface area contributed by atoms with E-state index in [1.54, 1.807) is 13.1 Å². The Morgan fingerprint density at radius 2 is 1.88 bits per heavy atom. The number of amides is 1. The van der Waals surface area contributed by atoms with Crippen LogP contribution < -0.4 is 15.4 Å². The van der Waals surface area contributed by atoms with Gasteiger partial charge in [0.15, 0.2) is 0 Å². The second-order valence-electron chi connectivity index (χ2n) is 3.03. The Morgan fingerprint density at radius 1 is 1.25 bits per heavy atom. The highest BCUT2D eigenvalue weighted by molar-refractivity contribution is 6.34. The second kappa shape index (κ2) is 6.58. The molecule has 0 saturated carbocycles. The van der Waals surface area contributed by atoms with Crippen LogP contribution in [0.2, 0.25) is 10.0 Å². The summed E-state index contributed by atoms with van der Waals surface area (Å²) in [4.78, 5) is 11.3. The average Bonchev–Trinajstić information content (AvgIpc) is 2.16. The summed E-state index contributed by atoms with van der Waals surface area (Å²) in [5.74, 6) is 0.319. The van der Waals surface area contributed by atoms with Crippen molar-refractivity contribution in [3.05, 3.63) is 28.2 Å². The van der Waals surface area contributed by atoms with E-state index in [4.69, 9.17) is 27.9 Å². The Morgan fingerprint density at radius 3 is 2.44 bits per heavy atom. The molecule has 0 aromatic heterocycles. The molecular weight excluding hydrogens is 251 g/mol. The van der Waals surface area contributed by atoms with Crippen LogP contribution in [0.15, 0.2) is 18.2 Å². The largest absolute Gasteiger partial charge is 0.412 e. The molecule has 1 rings (SSSR count). The lowest BCUT2D eigenvalue weighted by atomic mass is 10.3. The molecule has 0 bridgehead atoms. The van der Waals surface area contributed by atoms with Crippen molar-refractivity contribution in [3.63, 3.8) is 0 Å². The predicted octanol–water partition coefficient (Wildman–Crippen LogP) is 2.30. The average molecular weight is 263 g/mol. The van der Waals surface area contributed by atoms with E-state index in [9.17, 15) is 4.79 Å². The molecule has 0 saturated heterocycles. The first kappa shape index (κ1) is 13.1. The molecule has 0 fully saturated rings. The molecule has 88 valence electrons. The maximum Gasteiger partial charge on any atom is 0.412 e. The molecule has 1 amide bonds. The highest BCUT2D eigenvalue weighted by atomic mass is 35.5. The molecule has 0 aliphatic carbocycles. The number of likely N-dealkylation sites (N-methyl/N-ethyl adjacent to an activating group) is 1. The predicted molar refractivity (Wildman–Crippen MR) is 64.4 cm³/mol. The molecule has 0 unspecified atom stereocenters. The van der Waals surface area contributed by atoms with E-state index >= 15 is 0 Å². The summed E-state index contributed by atoms with van der Waals surface area (Å²) < 4.78 is 4.98. The molecule has 0 aliphatic heterocycles. The van der Waals surface area contributed by atoms with Crippen molar-refractivity contribution in [1.82, 2.24) is 10.6 Å². The van der Waals surface area contributed by atoms with Gasteiger partial charge in [-0.05, 0) is 25.2 Å². The van der Waals surface area contributed by atoms with Crippen LogP contribution >= 0.6 is 23.2 Å². The first-order chi connectivity index (χ1) is 7.61. The van der Waals surface area contributed by atoms with Crippen molar-refractivity contribution in [2.24, 2.45) is 0 Å². The third-order valence-electron chi connectivity index (χ3n) is 1.69. The molecule has 0 atom stereocenters. The van der Waals surface area contributed by atoms with Gasteiger partial charge in [0.05, 0.1) is 0 Å². The van der Waals surface area contributed by atoms with Crippen molar-refractivity contribution < 1.29 is 9.53 Å². The Balaban J connectivity index is 2.49. The van der Waals surface area contributed by atoms with Gasteiger partial charge in [0.25, 0.3) is 0 Å². The van der Waals surface area contributed by atoms with Crippen molar-refractivity contribution >= 4 is 29.3 Å². The fourth-order valence-electron chi connectivity index (χ4n) is 1.02. The first-order valence-electron chi connectivity index (χ1n) is 4.68. The zero-order chi connectivity index (χ0) is 12.0. The van der Waals surface area contributed by atoms with Crippen molar-refractivity contribution in [2.45, 2.75) is 0 Å². The summed E-state index contributed by atoms with van der Waals surface area (Å²) in [5, 5.41) is 6.30. The van der Waals surface area contributed by atoms with Crippen LogP contribution in [0.1, 0.15) is 0 Å². The van der Waals surface area contributed by atoms with E-state index in [0.29, 0.717) is 28.9 Å². The number of benzene rings is 1. The number of hydrogen-bond acceptors (Lipinski definition) is 3. The molecular formula is C10H12Cl2N2O2. The molecule has 6 heteroatoms. The summed E-state index contributed by atoms with van der Waals surface area (Å²) in [6.45, 7) is 1.16. The highest BCUT2D eigenvalue weighted by Gasteiger charge is 2.05. The van der Waals surface area contributed by atoms with E-state index in [0.717, 1.165) is 0 Å². The van der Waals surface area contributed by atoms with Crippen LogP contribution in [-0.4, -0.2) is 26.2 Å². The quantitative estimate of drug-likeness (QED) is 0.819. The SMILES string of the molecule is CNCCNC(=O)Oc1cc(Cl)cc(Cl)c1. The van der Waals surface area contributed by atoms with E-state index in [2.05, 4.69) is 10.6 Å². The minimum Gasteiger partial charge on any atom is -0.410 e. The van der Waals surface area contributed by atoms with Crippen molar-refractivity contribution in [3.8, 4) is 5.75 Å². The lowest BCUT2D eigenvalue weighted by Crippen LogP contribution is -2.32. The topological polar surface area (TPSA) is 50.4 Å². The van der Waals surface area contributed by atoms with Crippen LogP contribution in [0.25, 0.3) is 0 Å². The Bertz CT molecular complexity index is 352. The number of halogens is 2. The molecule has 0 heterocycles. The molecule has 4 nitrogen and oxygen atoms in total. The van der Waals surface area contributed by atoms with E-state index in [-0.39, 0.29) is 0 Å². The summed E-state index contributed by atoms with van der Waals surface area (Å²) in [6, 6.07) is 4.60. The van der Waals surface area contributed by atoms with Crippen LogP contribution in [0.3, 0.4) is 0 Å². The Kier molecular flexibility index (Phi) is 5.38. The standard InChI is InChI=1S/C10H12Cl2N2O2/c1-13-2-3-14-10(15)16-9-5-7(11)4-8(12)6-9/h4-6,13H,2-3H2,1H3,(H,14,15). The molecule has 1 aromatic carbocycles. The minimum atomic E-state index is -0.534. The van der Waals surface area contributed by atoms with Crippen LogP contribution in [-0.2, 0) is 0 Å². The molecule has 0 spiro atoms. The van der Waals surface area contributed by atoms with Gasteiger partial charge in [-0.2, -0.15) is 0 Å². The number of carbonyl (C=O) groups excluding carboxylic acids is 1. The number of nitrogens with one attached hydrogen (secondary N) is 2. The fraction of sp³-hybridized carbons (Fsp3) is 0.300. The zero-order valence-corrected chi connectivity index (χ0v) is 10.2. The molecule has 0 radical (unpaired) electrons. The van der Waals surface area contributed by atoms with Crippen molar-refractivity contribution in [1.29, 1.82) is 0 Å². The van der Waals surface area contributed by atoms with E-state index < -0.39 is 6.09 Å². The van der Waals surface area contributed by atoms with Crippen LogP contribution in [0.5, 0.6) is 5.75 Å². The van der Waals surface area contributed by atoms with E-state index in [1.165, 1.54) is 12.1 Å². The van der Waals surface area contributed by atoms with Gasteiger partial charge < -0.3 is 15.4 Å². The van der Waals surface area contributed by atoms with Gasteiger partial charge in [0.2, 0.25) is 0 Å². The van der Waals surface area contributed by atoms with Gasteiger partial charge in [-0.15, -0.1) is 0 Å². The van der Waals surface area contributed by atoms with Gasteiger partial charge in [-0.1, -0.05) is 23.2 Å². The number of carbonyl (C=O) groups is 1. The van der Waals surface area contributed by atoms with E-state index in [1.807, 2.05) is 0 Å². The lowest BCUT2D eigenvalue weighted by molar-refractivity contribution is 0.200. The van der Waals surface area contributed by atoms with Gasteiger partial charge in [0, 0.05) is 23.1 Å². The smallest absolute Gasteiger partial charge is 0.410 e. The summed E-state index contributed by atoms with van der Waals surface area (Å²) in [6.07, 6.45) is -0.534. The lowest BCUT2D eigenvalue weighted by Gasteiger charge is -2.06. The Hall–Kier alpha value is -0.970. The number of ether oxygens (including phenoxy) is 1. The third-order valence-corrected chi connectivity index (χ3v) is 2.13. The summed E-state index contributed by atoms with van der Waals surface area (Å²) in [7, 11) is 1.80. The third kappa shape index (κ3) is 4.70. The summed E-state index contributed by atoms with van der Waals surface area (Å²) >= 11 is 11.5. The summed E-state index contributed by atoms with van der Waals surface area (Å²) in [5.41, 5.74) is 0. The van der Waals surface area contributed by atoms with Gasteiger partial charge >= 0.3 is 6.09 Å². The zero-order valence-electron chi connectivity index (χ0n) is 8.72. The van der Waals surface area contributed by atoms with Crippen LogP contribution in [0, 0.1) is 0 Å². The van der Waals surface area contributed by atoms with Gasteiger partial charge in [0.1, 0.15) is 5.75 Å². The highest BCUT2D eigenvalue weighted by Crippen LogP contribution is 2.24.